The standard InChI is InChI=1S/C25H39FN5O11PS2/c1-24(2,11-32)21(35)44-8-6-39-43(37,40-7-9-45-22(36)25(3,4)12-33)41-10-14-17(34)15(26)20(42-14)31-13-28-16-18(31)29-23(27)30-19(16)38-5/h13-15,17,20,32-34H,6-12H2,1-5H3,(H2,27,29,30)/t14-,15-,17?,20+/m1/s1. The van der Waals surface area contributed by atoms with Crippen LogP contribution in [0.3, 0.4) is 0 Å². The number of alkyl halides is 1. The average Bonchev–Trinajstić information content (AvgIpc) is 3.55. The van der Waals surface area contributed by atoms with Crippen molar-refractivity contribution in [2.75, 3.05) is 57.4 Å². The lowest BCUT2D eigenvalue weighted by Gasteiger charge is -2.22. The smallest absolute Gasteiger partial charge is 0.474 e. The van der Waals surface area contributed by atoms with Crippen molar-refractivity contribution in [2.45, 2.75) is 52.3 Å². The van der Waals surface area contributed by atoms with Gasteiger partial charge >= 0.3 is 7.82 Å². The zero-order valence-electron chi connectivity index (χ0n) is 25.5. The molecule has 2 aromatic heterocycles. The normalized spacial score (nSPS) is 21.0. The second-order valence-electron chi connectivity index (χ2n) is 11.2. The molecule has 2 aromatic rings. The monoisotopic (exact) mass is 699 g/mol. The Balaban J connectivity index is 1.68. The van der Waals surface area contributed by atoms with E-state index in [1.54, 1.807) is 27.7 Å². The predicted octanol–water partition coefficient (Wildman–Crippen LogP) is 1.73. The Bertz CT molecular complexity index is 1340. The summed E-state index contributed by atoms with van der Waals surface area (Å²) < 4.78 is 57.1. The van der Waals surface area contributed by atoms with E-state index in [0.29, 0.717) is 0 Å². The quantitative estimate of drug-likeness (QED) is 0.136. The number of thioether (sulfide) groups is 2. The molecular weight excluding hydrogens is 660 g/mol. The fourth-order valence-corrected chi connectivity index (χ4v) is 6.71. The summed E-state index contributed by atoms with van der Waals surface area (Å²) in [6.45, 7) is 4.38. The summed E-state index contributed by atoms with van der Waals surface area (Å²) in [7, 11) is -3.05. The number of aliphatic hydroxyl groups excluding tert-OH is 3. The molecule has 0 bridgehead atoms. The van der Waals surface area contributed by atoms with Crippen molar-refractivity contribution in [1.82, 2.24) is 19.5 Å². The fourth-order valence-electron chi connectivity index (χ4n) is 3.66. The van der Waals surface area contributed by atoms with Gasteiger partial charge in [-0.1, -0.05) is 23.5 Å². The molecular formula is C25H39FN5O11PS2. The molecule has 1 unspecified atom stereocenters. The second kappa shape index (κ2) is 15.8. The number of phosphoric ester groups is 1. The number of anilines is 1. The highest BCUT2D eigenvalue weighted by molar-refractivity contribution is 8.14. The van der Waals surface area contributed by atoms with Gasteiger partial charge in [0.1, 0.15) is 12.2 Å². The van der Waals surface area contributed by atoms with Gasteiger partial charge in [0, 0.05) is 11.5 Å². The average molecular weight is 700 g/mol. The molecule has 5 N–H and O–H groups in total. The number of imidazole rings is 1. The maximum absolute atomic E-state index is 15.3. The summed E-state index contributed by atoms with van der Waals surface area (Å²) in [6.07, 6.45) is -5.27. The Labute approximate surface area is 267 Å². The van der Waals surface area contributed by atoms with Gasteiger partial charge in [0.25, 0.3) is 0 Å². The van der Waals surface area contributed by atoms with E-state index >= 15 is 4.39 Å². The summed E-state index contributed by atoms with van der Waals surface area (Å²) in [5.74, 6) is -0.0309. The molecule has 0 aromatic carbocycles. The number of carbonyl (C=O) groups is 2. The SMILES string of the molecule is COc1nc(N)nc2c1ncn2[C@H]1O[C@H](COP(=O)(OCCSC(=O)C(C)(C)CO)OCCSC(=O)C(C)(C)CO)C(O)[C@H]1F. The number of aliphatic hydroxyl groups is 3. The van der Waals surface area contributed by atoms with Gasteiger partial charge in [0.15, 0.2) is 33.8 Å². The van der Waals surface area contributed by atoms with Crippen LogP contribution in [0.25, 0.3) is 11.2 Å². The molecule has 3 rings (SSSR count). The molecule has 3 heterocycles. The molecule has 20 heteroatoms. The first-order valence-electron chi connectivity index (χ1n) is 13.7. The maximum Gasteiger partial charge on any atom is 0.474 e. The number of aromatic nitrogens is 4. The number of phosphoric acid groups is 1. The third kappa shape index (κ3) is 9.33. The number of carbonyl (C=O) groups excluding carboxylic acids is 2. The highest BCUT2D eigenvalue weighted by Crippen LogP contribution is 2.50. The maximum atomic E-state index is 15.3. The van der Waals surface area contributed by atoms with Gasteiger partial charge in [0.2, 0.25) is 11.8 Å². The Kier molecular flexibility index (Phi) is 13.2. The summed E-state index contributed by atoms with van der Waals surface area (Å²) in [6, 6.07) is 0. The number of nitrogen functional groups attached to an aromatic ring is 1. The van der Waals surface area contributed by atoms with Crippen LogP contribution in [-0.2, 0) is 32.5 Å². The lowest BCUT2D eigenvalue weighted by molar-refractivity contribution is -0.120. The molecule has 4 atom stereocenters. The minimum Gasteiger partial charge on any atom is -0.479 e. The lowest BCUT2D eigenvalue weighted by Crippen LogP contribution is -2.31. The van der Waals surface area contributed by atoms with Gasteiger partial charge in [-0.25, -0.2) is 13.9 Å². The minimum absolute atomic E-state index is 0.0379. The van der Waals surface area contributed by atoms with Crippen molar-refractivity contribution < 1.29 is 56.9 Å². The molecule has 254 valence electrons. The first-order valence-corrected chi connectivity index (χ1v) is 17.1. The number of nitrogens with two attached hydrogens (primary N) is 1. The van der Waals surface area contributed by atoms with Crippen molar-refractivity contribution in [2.24, 2.45) is 10.8 Å². The van der Waals surface area contributed by atoms with Crippen LogP contribution in [0.4, 0.5) is 10.3 Å². The van der Waals surface area contributed by atoms with Gasteiger partial charge < -0.3 is 30.5 Å². The van der Waals surface area contributed by atoms with E-state index in [0.717, 1.165) is 23.5 Å². The number of fused-ring (bicyclic) bond motifs is 1. The van der Waals surface area contributed by atoms with Crippen LogP contribution >= 0.6 is 31.3 Å². The van der Waals surface area contributed by atoms with E-state index in [2.05, 4.69) is 15.0 Å². The zero-order valence-corrected chi connectivity index (χ0v) is 28.0. The third-order valence-electron chi connectivity index (χ3n) is 6.59. The van der Waals surface area contributed by atoms with Crippen molar-refractivity contribution in [1.29, 1.82) is 0 Å². The summed E-state index contributed by atoms with van der Waals surface area (Å²) >= 11 is 1.71. The molecule has 1 aliphatic rings. The number of nitrogens with zero attached hydrogens (tertiary/aromatic N) is 4. The largest absolute Gasteiger partial charge is 0.479 e. The predicted molar refractivity (Wildman–Crippen MR) is 163 cm³/mol. The highest BCUT2D eigenvalue weighted by atomic mass is 32.2. The fraction of sp³-hybridized carbons (Fsp3) is 0.720. The number of ether oxygens (including phenoxy) is 2. The van der Waals surface area contributed by atoms with Gasteiger partial charge in [-0.05, 0) is 27.7 Å². The molecule has 0 spiro atoms. The molecule has 1 fully saturated rings. The molecule has 1 saturated heterocycles. The van der Waals surface area contributed by atoms with E-state index < -0.39 is 49.9 Å². The Morgan fingerprint density at radius 3 is 2.13 bits per heavy atom. The van der Waals surface area contributed by atoms with Crippen LogP contribution in [-0.4, -0.2) is 115 Å². The van der Waals surface area contributed by atoms with Gasteiger partial charge in [-0.3, -0.25) is 27.7 Å². The zero-order chi connectivity index (χ0) is 33.6. The molecule has 0 radical (unpaired) electrons. The number of hydrogen-bond acceptors (Lipinski definition) is 17. The van der Waals surface area contributed by atoms with Gasteiger partial charge in [0.05, 0.1) is 57.3 Å². The van der Waals surface area contributed by atoms with Crippen LogP contribution < -0.4 is 10.5 Å². The molecule has 1 aliphatic heterocycles. The molecule has 0 aliphatic carbocycles. The van der Waals surface area contributed by atoms with E-state index in [1.165, 1.54) is 18.0 Å². The van der Waals surface area contributed by atoms with Gasteiger partial charge in [-0.2, -0.15) is 9.97 Å². The van der Waals surface area contributed by atoms with Gasteiger partial charge in [-0.15, -0.1) is 0 Å². The van der Waals surface area contributed by atoms with E-state index in [9.17, 15) is 29.5 Å². The Morgan fingerprint density at radius 2 is 1.62 bits per heavy atom. The summed E-state index contributed by atoms with van der Waals surface area (Å²) in [5.41, 5.74) is 4.01. The van der Waals surface area contributed by atoms with E-state index in [4.69, 9.17) is 28.8 Å². The van der Waals surface area contributed by atoms with Crippen LogP contribution in [0.1, 0.15) is 33.9 Å². The Hall–Kier alpha value is -1.93. The first-order chi connectivity index (χ1) is 21.1. The van der Waals surface area contributed by atoms with Crippen LogP contribution in [0.2, 0.25) is 0 Å². The van der Waals surface area contributed by atoms with E-state index in [-0.39, 0.29) is 71.2 Å². The van der Waals surface area contributed by atoms with Crippen molar-refractivity contribution in [3.05, 3.63) is 6.33 Å². The van der Waals surface area contributed by atoms with E-state index in [1.807, 2.05) is 0 Å². The molecule has 16 nitrogen and oxygen atoms in total. The third-order valence-corrected chi connectivity index (χ3v) is 10.4. The van der Waals surface area contributed by atoms with Crippen molar-refractivity contribution in [3.8, 4) is 5.88 Å². The summed E-state index contributed by atoms with van der Waals surface area (Å²) in [5, 5.41) is 28.8. The highest BCUT2D eigenvalue weighted by Gasteiger charge is 2.47. The minimum atomic E-state index is -4.40. The summed E-state index contributed by atoms with van der Waals surface area (Å²) in [4.78, 5) is 36.7. The first kappa shape index (κ1) is 37.5. The molecule has 0 saturated carbocycles. The van der Waals surface area contributed by atoms with Crippen LogP contribution in [0, 0.1) is 10.8 Å². The Morgan fingerprint density at radius 1 is 1.07 bits per heavy atom. The number of halogens is 1. The van der Waals surface area contributed by atoms with Crippen molar-refractivity contribution in [3.63, 3.8) is 0 Å². The molecule has 45 heavy (non-hydrogen) atoms. The van der Waals surface area contributed by atoms with Crippen LogP contribution in [0.15, 0.2) is 6.33 Å². The second-order valence-corrected chi connectivity index (χ2v) is 15.0. The number of rotatable bonds is 17. The number of hydrogen-bond donors (Lipinski definition) is 4. The van der Waals surface area contributed by atoms with Crippen LogP contribution in [0.5, 0.6) is 5.88 Å². The number of methoxy groups -OCH3 is 1. The van der Waals surface area contributed by atoms with Crippen molar-refractivity contribution >= 4 is 58.7 Å². The topological polar surface area (TPSA) is 228 Å². The lowest BCUT2D eigenvalue weighted by atomic mass is 9.97. The molecule has 0 amide bonds.